The summed E-state index contributed by atoms with van der Waals surface area (Å²) < 4.78 is 45.5. The van der Waals surface area contributed by atoms with Crippen molar-refractivity contribution in [2.45, 2.75) is 31.4 Å². The van der Waals surface area contributed by atoms with Gasteiger partial charge >= 0.3 is 5.97 Å². The lowest BCUT2D eigenvalue weighted by atomic mass is 10.1. The molecule has 1 aromatic heterocycles. The van der Waals surface area contributed by atoms with Crippen LogP contribution in [0.2, 0.25) is 0 Å². The molecule has 0 amide bonds. The molecular formula is C21H22N2O6S2. The first-order valence-corrected chi connectivity index (χ1v) is 12.1. The Bertz CT molecular complexity index is 1170. The van der Waals surface area contributed by atoms with Gasteiger partial charge in [0.25, 0.3) is 0 Å². The molecule has 4 rings (SSSR count). The topological polar surface area (TPSA) is 104 Å². The summed E-state index contributed by atoms with van der Waals surface area (Å²) in [4.78, 5) is 17.1. The second-order valence-electron chi connectivity index (χ2n) is 7.33. The lowest BCUT2D eigenvalue weighted by Gasteiger charge is -2.22. The lowest BCUT2D eigenvalue weighted by Crippen LogP contribution is -2.45. The molecular weight excluding hydrogens is 440 g/mol. The van der Waals surface area contributed by atoms with Crippen LogP contribution in [0, 0.1) is 5.92 Å². The summed E-state index contributed by atoms with van der Waals surface area (Å²) in [6.07, 6.45) is 0. The van der Waals surface area contributed by atoms with Crippen LogP contribution in [0.15, 0.2) is 47.4 Å². The number of hydrogen-bond donors (Lipinski definition) is 1. The Morgan fingerprint density at radius 1 is 1.16 bits per heavy atom. The van der Waals surface area contributed by atoms with E-state index in [4.69, 9.17) is 14.2 Å². The summed E-state index contributed by atoms with van der Waals surface area (Å²) in [5.74, 6) is -0.139. The predicted molar refractivity (Wildman–Crippen MR) is 116 cm³/mol. The van der Waals surface area contributed by atoms with Gasteiger partial charge in [0.1, 0.15) is 30.9 Å². The van der Waals surface area contributed by atoms with Gasteiger partial charge in [0, 0.05) is 6.07 Å². The van der Waals surface area contributed by atoms with Crippen LogP contribution in [-0.4, -0.2) is 38.6 Å². The quantitative estimate of drug-likeness (QED) is 0.538. The molecule has 0 aliphatic carbocycles. The molecule has 8 nitrogen and oxygen atoms in total. The summed E-state index contributed by atoms with van der Waals surface area (Å²) in [6, 6.07) is 10.9. The van der Waals surface area contributed by atoms with E-state index in [-0.39, 0.29) is 17.4 Å². The monoisotopic (exact) mass is 462 g/mol. The van der Waals surface area contributed by atoms with Gasteiger partial charge in [0.05, 0.1) is 15.1 Å². The Hall–Kier alpha value is -2.69. The van der Waals surface area contributed by atoms with Crippen LogP contribution in [0.1, 0.15) is 18.9 Å². The SMILES string of the molecule is CC(C)[C@@H](NS(=O)(=O)c1ccc2c(c1)OCCO2)C(=O)OCc1nc2ccccc2s1. The average molecular weight is 463 g/mol. The molecule has 0 radical (unpaired) electrons. The highest BCUT2D eigenvalue weighted by Crippen LogP contribution is 2.32. The van der Waals surface area contributed by atoms with E-state index in [0.717, 1.165) is 10.2 Å². The lowest BCUT2D eigenvalue weighted by molar-refractivity contribution is -0.148. The van der Waals surface area contributed by atoms with Gasteiger partial charge in [-0.3, -0.25) is 4.79 Å². The molecule has 31 heavy (non-hydrogen) atoms. The fourth-order valence-corrected chi connectivity index (χ4v) is 5.32. The van der Waals surface area contributed by atoms with Crippen LogP contribution in [0.5, 0.6) is 11.5 Å². The van der Waals surface area contributed by atoms with Gasteiger partial charge in [-0.25, -0.2) is 13.4 Å². The van der Waals surface area contributed by atoms with E-state index >= 15 is 0 Å². The van der Waals surface area contributed by atoms with Gasteiger partial charge in [0.2, 0.25) is 10.0 Å². The van der Waals surface area contributed by atoms with Gasteiger partial charge in [-0.1, -0.05) is 26.0 Å². The van der Waals surface area contributed by atoms with Crippen molar-refractivity contribution in [2.24, 2.45) is 5.92 Å². The van der Waals surface area contributed by atoms with Gasteiger partial charge in [-0.05, 0) is 30.2 Å². The smallest absolute Gasteiger partial charge is 0.324 e. The Balaban J connectivity index is 1.46. The number of carbonyl (C=O) groups excluding carboxylic acids is 1. The van der Waals surface area contributed by atoms with Gasteiger partial charge in [-0.2, -0.15) is 4.72 Å². The van der Waals surface area contributed by atoms with E-state index < -0.39 is 22.0 Å². The molecule has 0 fully saturated rings. The number of nitrogens with zero attached hydrogens (tertiary/aromatic N) is 1. The van der Waals surface area contributed by atoms with E-state index in [1.807, 2.05) is 24.3 Å². The zero-order valence-corrected chi connectivity index (χ0v) is 18.7. The molecule has 3 aromatic rings. The Morgan fingerprint density at radius 3 is 2.65 bits per heavy atom. The van der Waals surface area contributed by atoms with Gasteiger partial charge in [0.15, 0.2) is 11.5 Å². The molecule has 1 aliphatic heterocycles. The highest BCUT2D eigenvalue weighted by atomic mass is 32.2. The molecule has 2 heterocycles. The van der Waals surface area contributed by atoms with Crippen LogP contribution >= 0.6 is 11.3 Å². The van der Waals surface area contributed by atoms with E-state index in [0.29, 0.717) is 29.7 Å². The summed E-state index contributed by atoms with van der Waals surface area (Å²) in [7, 11) is -3.99. The van der Waals surface area contributed by atoms with Crippen LogP contribution in [0.4, 0.5) is 0 Å². The van der Waals surface area contributed by atoms with Crippen LogP contribution < -0.4 is 14.2 Å². The molecule has 1 aliphatic rings. The first-order valence-electron chi connectivity index (χ1n) is 9.76. The Kier molecular flexibility index (Phi) is 6.12. The fraction of sp³-hybridized carbons (Fsp3) is 0.333. The molecule has 0 saturated carbocycles. The number of hydrogen-bond acceptors (Lipinski definition) is 8. The van der Waals surface area contributed by atoms with E-state index in [1.165, 1.54) is 23.5 Å². The minimum Gasteiger partial charge on any atom is -0.486 e. The number of fused-ring (bicyclic) bond motifs is 2. The van der Waals surface area contributed by atoms with Crippen molar-refractivity contribution in [3.8, 4) is 11.5 Å². The molecule has 2 aromatic carbocycles. The third-order valence-electron chi connectivity index (χ3n) is 4.70. The molecule has 10 heteroatoms. The summed E-state index contributed by atoms with van der Waals surface area (Å²) in [6.45, 7) is 4.23. The molecule has 0 unspecified atom stereocenters. The van der Waals surface area contributed by atoms with Crippen molar-refractivity contribution in [3.63, 3.8) is 0 Å². The van der Waals surface area contributed by atoms with Crippen LogP contribution in [0.25, 0.3) is 10.2 Å². The number of thiazole rings is 1. The molecule has 0 saturated heterocycles. The molecule has 164 valence electrons. The third kappa shape index (κ3) is 4.81. The largest absolute Gasteiger partial charge is 0.486 e. The number of sulfonamides is 1. The zero-order chi connectivity index (χ0) is 22.0. The van der Waals surface area contributed by atoms with Gasteiger partial charge in [-0.15, -0.1) is 11.3 Å². The van der Waals surface area contributed by atoms with E-state index in [1.54, 1.807) is 19.9 Å². The van der Waals surface area contributed by atoms with Gasteiger partial charge < -0.3 is 14.2 Å². The number of aromatic nitrogens is 1. The number of esters is 1. The maximum Gasteiger partial charge on any atom is 0.324 e. The first kappa shape index (κ1) is 21.5. The highest BCUT2D eigenvalue weighted by molar-refractivity contribution is 7.89. The highest BCUT2D eigenvalue weighted by Gasteiger charge is 2.30. The third-order valence-corrected chi connectivity index (χ3v) is 7.15. The molecule has 0 bridgehead atoms. The maximum atomic E-state index is 12.9. The fourth-order valence-electron chi connectivity index (χ4n) is 3.09. The number of ether oxygens (including phenoxy) is 3. The van der Waals surface area contributed by atoms with Crippen molar-refractivity contribution >= 4 is 37.5 Å². The van der Waals surface area contributed by atoms with Crippen LogP contribution in [0.3, 0.4) is 0 Å². The van der Waals surface area contributed by atoms with Crippen LogP contribution in [-0.2, 0) is 26.2 Å². The van der Waals surface area contributed by atoms with Crippen molar-refractivity contribution < 1.29 is 27.4 Å². The molecule has 1 N–H and O–H groups in total. The maximum absolute atomic E-state index is 12.9. The molecule has 0 spiro atoms. The number of rotatable bonds is 7. The first-order chi connectivity index (χ1) is 14.8. The number of nitrogens with one attached hydrogen (secondary N) is 1. The van der Waals surface area contributed by atoms with Crippen molar-refractivity contribution in [1.29, 1.82) is 0 Å². The Morgan fingerprint density at radius 2 is 1.90 bits per heavy atom. The number of benzene rings is 2. The van der Waals surface area contributed by atoms with E-state index in [9.17, 15) is 13.2 Å². The molecule has 1 atom stereocenters. The summed E-state index contributed by atoms with van der Waals surface area (Å²) >= 11 is 1.43. The second-order valence-corrected chi connectivity index (χ2v) is 10.2. The average Bonchev–Trinajstić information content (AvgIpc) is 3.18. The normalized spacial score (nSPS) is 14.5. The second kappa shape index (κ2) is 8.81. The predicted octanol–water partition coefficient (Wildman–Crippen LogP) is 3.11. The van der Waals surface area contributed by atoms with Crippen molar-refractivity contribution in [1.82, 2.24) is 9.71 Å². The summed E-state index contributed by atoms with van der Waals surface area (Å²) in [5.41, 5.74) is 0.832. The Labute approximate surface area is 184 Å². The van der Waals surface area contributed by atoms with Crippen molar-refractivity contribution in [3.05, 3.63) is 47.5 Å². The summed E-state index contributed by atoms with van der Waals surface area (Å²) in [5, 5.41) is 0.645. The standard InChI is InChI=1S/C21H22N2O6S2/c1-13(2)20(21(24)29-12-19-22-15-5-3-4-6-18(15)30-19)23-31(25,26)14-7-8-16-17(11-14)28-10-9-27-16/h3-8,11,13,20,23H,9-10,12H2,1-2H3/t20-/m1/s1. The van der Waals surface area contributed by atoms with E-state index in [2.05, 4.69) is 9.71 Å². The minimum absolute atomic E-state index is 0.0126. The zero-order valence-electron chi connectivity index (χ0n) is 17.0. The minimum atomic E-state index is -3.99. The number of para-hydroxylation sites is 1. The van der Waals surface area contributed by atoms with Crippen molar-refractivity contribution in [2.75, 3.05) is 13.2 Å². The number of carbonyl (C=O) groups is 1.